The van der Waals surface area contributed by atoms with Crippen LogP contribution in [0.4, 0.5) is 4.39 Å². The predicted molar refractivity (Wildman–Crippen MR) is 113 cm³/mol. The maximum atomic E-state index is 14.8. The van der Waals surface area contributed by atoms with Crippen LogP contribution in [0, 0.1) is 6.92 Å². The highest BCUT2D eigenvalue weighted by Gasteiger charge is 2.49. The summed E-state index contributed by atoms with van der Waals surface area (Å²) in [6.45, 7) is 0.617. The Kier molecular flexibility index (Phi) is 7.09. The molecule has 1 fully saturated rings. The first-order chi connectivity index (χ1) is 15.2. The number of carbonyl (C=O) groups excluding carboxylic acids is 2. The van der Waals surface area contributed by atoms with Crippen LogP contribution >= 0.6 is 0 Å². The van der Waals surface area contributed by atoms with Gasteiger partial charge < -0.3 is 24.8 Å². The zero-order chi connectivity index (χ0) is 23.3. The smallest absolute Gasteiger partial charge is 0.326 e. The van der Waals surface area contributed by atoms with E-state index in [4.69, 9.17) is 9.47 Å². The summed E-state index contributed by atoms with van der Waals surface area (Å²) >= 11 is 0. The van der Waals surface area contributed by atoms with Gasteiger partial charge in [0.1, 0.15) is 17.5 Å². The van der Waals surface area contributed by atoms with Gasteiger partial charge in [0, 0.05) is 19.1 Å². The van der Waals surface area contributed by atoms with Gasteiger partial charge in [-0.15, -0.1) is 0 Å². The minimum atomic E-state index is -1.94. The summed E-state index contributed by atoms with van der Waals surface area (Å²) in [5.41, 5.74) is -0.908. The second-order valence-corrected chi connectivity index (χ2v) is 7.74. The van der Waals surface area contributed by atoms with Crippen molar-refractivity contribution in [2.24, 2.45) is 0 Å². The summed E-state index contributed by atoms with van der Waals surface area (Å²) < 4.78 is 25.4. The normalized spacial score (nSPS) is 20.1. The van der Waals surface area contributed by atoms with Gasteiger partial charge in [-0.1, -0.05) is 18.2 Å². The van der Waals surface area contributed by atoms with Crippen LogP contribution in [0.5, 0.6) is 11.5 Å². The number of aliphatic carboxylic acids is 1. The summed E-state index contributed by atoms with van der Waals surface area (Å²) in [4.78, 5) is 37.4. The van der Waals surface area contributed by atoms with Crippen molar-refractivity contribution < 1.29 is 33.4 Å². The number of amides is 2. The molecule has 0 bridgehead atoms. The van der Waals surface area contributed by atoms with E-state index in [9.17, 15) is 23.9 Å². The van der Waals surface area contributed by atoms with E-state index >= 15 is 0 Å². The van der Waals surface area contributed by atoms with Crippen molar-refractivity contribution in [1.29, 1.82) is 0 Å². The lowest BCUT2D eigenvalue weighted by atomic mass is 10.0. The van der Waals surface area contributed by atoms with Gasteiger partial charge in [0.05, 0.1) is 19.7 Å². The van der Waals surface area contributed by atoms with Gasteiger partial charge in [-0.25, -0.2) is 9.18 Å². The molecule has 32 heavy (non-hydrogen) atoms. The Labute approximate surface area is 184 Å². The molecular formula is C23H25FN2O6. The number of likely N-dealkylation sites (tertiary alicyclic amines) is 1. The number of aryl methyl sites for hydroxylation is 1. The maximum Gasteiger partial charge on any atom is 0.326 e. The van der Waals surface area contributed by atoms with Gasteiger partial charge in [-0.05, 0) is 42.8 Å². The number of benzene rings is 2. The number of alkyl halides is 1. The Morgan fingerprint density at radius 2 is 1.94 bits per heavy atom. The number of rotatable bonds is 8. The quantitative estimate of drug-likeness (QED) is 0.648. The van der Waals surface area contributed by atoms with Crippen LogP contribution in [-0.2, 0) is 14.3 Å². The van der Waals surface area contributed by atoms with Crippen LogP contribution in [0.25, 0.3) is 0 Å². The number of nitrogens with one attached hydrogen (secondary N) is 1. The molecule has 2 atom stereocenters. The minimum absolute atomic E-state index is 0.311. The number of methoxy groups -OCH3 is 1. The molecular weight excluding hydrogens is 419 g/mol. The number of para-hydroxylation sites is 1. The molecule has 0 aromatic heterocycles. The lowest BCUT2D eigenvalue weighted by Crippen LogP contribution is -2.46. The molecule has 9 heteroatoms. The van der Waals surface area contributed by atoms with E-state index in [2.05, 4.69) is 5.32 Å². The van der Waals surface area contributed by atoms with Crippen LogP contribution in [0.15, 0.2) is 48.5 Å². The van der Waals surface area contributed by atoms with Gasteiger partial charge in [0.15, 0.2) is 5.67 Å². The number of nitrogens with zero attached hydrogens (tertiary/aromatic N) is 1. The molecule has 1 saturated heterocycles. The first-order valence-electron chi connectivity index (χ1n) is 10.0. The number of halogens is 1. The van der Waals surface area contributed by atoms with E-state index in [-0.39, 0.29) is 13.0 Å². The van der Waals surface area contributed by atoms with E-state index in [0.717, 1.165) is 10.5 Å². The van der Waals surface area contributed by atoms with Gasteiger partial charge in [0.25, 0.3) is 5.91 Å². The minimum Gasteiger partial charge on any atom is -0.480 e. The molecule has 2 amide bonds. The fourth-order valence-electron chi connectivity index (χ4n) is 3.66. The molecule has 2 aromatic rings. The van der Waals surface area contributed by atoms with E-state index in [1.54, 1.807) is 25.1 Å². The van der Waals surface area contributed by atoms with Crippen LogP contribution in [0.1, 0.15) is 22.3 Å². The molecule has 0 unspecified atom stereocenters. The van der Waals surface area contributed by atoms with Crippen molar-refractivity contribution in [2.75, 3.05) is 26.8 Å². The summed E-state index contributed by atoms with van der Waals surface area (Å²) in [5, 5.41) is 11.8. The number of carbonyl (C=O) groups is 3. The lowest BCUT2D eigenvalue weighted by molar-refractivity contribution is -0.147. The summed E-state index contributed by atoms with van der Waals surface area (Å²) in [6.07, 6.45) is -0.363. The van der Waals surface area contributed by atoms with Gasteiger partial charge >= 0.3 is 5.97 Å². The average molecular weight is 444 g/mol. The molecule has 2 aromatic carbocycles. The Balaban J connectivity index is 1.61. The van der Waals surface area contributed by atoms with Gasteiger partial charge in [-0.3, -0.25) is 9.59 Å². The third-order valence-electron chi connectivity index (χ3n) is 5.21. The van der Waals surface area contributed by atoms with Crippen LogP contribution in [-0.4, -0.2) is 66.3 Å². The molecule has 1 heterocycles. The molecule has 0 aliphatic carbocycles. The zero-order valence-corrected chi connectivity index (χ0v) is 17.8. The van der Waals surface area contributed by atoms with E-state index < -0.39 is 42.6 Å². The number of carboxylic acid groups (broad SMARTS) is 1. The summed E-state index contributed by atoms with van der Waals surface area (Å²) in [6, 6.07) is 12.7. The summed E-state index contributed by atoms with van der Waals surface area (Å²) in [7, 11) is 1.31. The molecule has 1 aliphatic rings. The highest BCUT2D eigenvalue weighted by molar-refractivity contribution is 5.97. The van der Waals surface area contributed by atoms with Crippen molar-refractivity contribution >= 4 is 17.8 Å². The largest absolute Gasteiger partial charge is 0.480 e. The van der Waals surface area contributed by atoms with Crippen molar-refractivity contribution in [3.05, 3.63) is 59.7 Å². The molecule has 170 valence electrons. The molecule has 8 nitrogen and oxygen atoms in total. The highest BCUT2D eigenvalue weighted by Crippen LogP contribution is 2.31. The van der Waals surface area contributed by atoms with Crippen molar-refractivity contribution in [2.45, 2.75) is 25.1 Å². The third kappa shape index (κ3) is 5.42. The first kappa shape index (κ1) is 23.2. The Hall–Kier alpha value is -3.46. The van der Waals surface area contributed by atoms with Crippen LogP contribution in [0.2, 0.25) is 0 Å². The standard InChI is InChI=1S/C23H25FN2O6/c1-15-10-16(8-9-19(15)32-17-6-4-3-5-7-17)21(28)25-12-20(27)26-13-23(24,14-31-2)11-18(26)22(29)30/h3-10,18H,11-14H2,1-2H3,(H,25,28)(H,29,30)/t18-,23+/m0/s1. The monoisotopic (exact) mass is 444 g/mol. The number of carboxylic acids is 1. The van der Waals surface area contributed by atoms with E-state index in [1.807, 2.05) is 30.3 Å². The molecule has 3 rings (SSSR count). The molecule has 0 radical (unpaired) electrons. The number of hydrogen-bond donors (Lipinski definition) is 2. The molecule has 0 saturated carbocycles. The van der Waals surface area contributed by atoms with Gasteiger partial charge in [0.2, 0.25) is 5.91 Å². The molecule has 2 N–H and O–H groups in total. The van der Waals surface area contributed by atoms with Gasteiger partial charge in [-0.2, -0.15) is 0 Å². The second-order valence-electron chi connectivity index (χ2n) is 7.74. The average Bonchev–Trinajstić information content (AvgIpc) is 3.12. The first-order valence-corrected chi connectivity index (χ1v) is 10.0. The van der Waals surface area contributed by atoms with Crippen LogP contribution in [0.3, 0.4) is 0 Å². The summed E-state index contributed by atoms with van der Waals surface area (Å²) in [5.74, 6) is -1.24. The fraction of sp³-hybridized carbons (Fsp3) is 0.348. The maximum absolute atomic E-state index is 14.8. The molecule has 1 aliphatic heterocycles. The van der Waals surface area contributed by atoms with E-state index in [0.29, 0.717) is 17.1 Å². The lowest BCUT2D eigenvalue weighted by Gasteiger charge is -2.22. The Morgan fingerprint density at radius 3 is 2.56 bits per heavy atom. The SMILES string of the molecule is COC[C@@]1(F)C[C@@H](C(=O)O)N(C(=O)CNC(=O)c2ccc(Oc3ccccc3)c(C)c2)C1. The Bertz CT molecular complexity index is 999. The van der Waals surface area contributed by atoms with E-state index in [1.165, 1.54) is 7.11 Å². The van der Waals surface area contributed by atoms with Crippen molar-refractivity contribution in [1.82, 2.24) is 10.2 Å². The van der Waals surface area contributed by atoms with Crippen molar-refractivity contribution in [3.8, 4) is 11.5 Å². The Morgan fingerprint density at radius 1 is 1.22 bits per heavy atom. The van der Waals surface area contributed by atoms with Crippen molar-refractivity contribution in [3.63, 3.8) is 0 Å². The predicted octanol–water partition coefficient (Wildman–Crippen LogP) is 2.56. The second kappa shape index (κ2) is 9.78. The zero-order valence-electron chi connectivity index (χ0n) is 17.8. The highest BCUT2D eigenvalue weighted by atomic mass is 19.1. The van der Waals surface area contributed by atoms with Crippen LogP contribution < -0.4 is 10.1 Å². The fourth-order valence-corrected chi connectivity index (χ4v) is 3.66. The topological polar surface area (TPSA) is 105 Å². The number of hydrogen-bond acceptors (Lipinski definition) is 5. The number of ether oxygens (including phenoxy) is 2. The molecule has 0 spiro atoms. The third-order valence-corrected chi connectivity index (χ3v) is 5.21.